The van der Waals surface area contributed by atoms with Gasteiger partial charge in [-0.25, -0.2) is 0 Å². The van der Waals surface area contributed by atoms with Gasteiger partial charge in [-0.1, -0.05) is 48.2 Å². The lowest BCUT2D eigenvalue weighted by Crippen LogP contribution is -2.51. The third-order valence-electron chi connectivity index (χ3n) is 4.62. The zero-order chi connectivity index (χ0) is 20.1. The summed E-state index contributed by atoms with van der Waals surface area (Å²) < 4.78 is 5.63. The van der Waals surface area contributed by atoms with Crippen LogP contribution in [0.1, 0.15) is 21.1 Å². The molecule has 3 aromatic rings. The molecule has 1 aliphatic rings. The highest BCUT2D eigenvalue weighted by atomic mass is 32.2. The topological polar surface area (TPSA) is 79.5 Å². The number of hydrogen-bond donors (Lipinski definition) is 0. The summed E-state index contributed by atoms with van der Waals surface area (Å²) in [5.41, 5.74) is 1.10. The van der Waals surface area contributed by atoms with Crippen molar-refractivity contribution in [2.24, 2.45) is 0 Å². The molecule has 1 fully saturated rings. The van der Waals surface area contributed by atoms with E-state index in [9.17, 15) is 9.59 Å². The van der Waals surface area contributed by atoms with Gasteiger partial charge in [-0.2, -0.15) is 0 Å². The van der Waals surface area contributed by atoms with Crippen molar-refractivity contribution in [1.82, 2.24) is 20.0 Å². The molecule has 7 nitrogen and oxygen atoms in total. The Bertz CT molecular complexity index is 951. The Morgan fingerprint density at radius 3 is 2.48 bits per heavy atom. The van der Waals surface area contributed by atoms with Crippen molar-refractivity contribution in [1.29, 1.82) is 0 Å². The maximum absolute atomic E-state index is 12.5. The van der Waals surface area contributed by atoms with E-state index in [2.05, 4.69) is 10.2 Å². The summed E-state index contributed by atoms with van der Waals surface area (Å²) in [5.74, 6) is 0.831. The Hall–Kier alpha value is -2.65. The number of piperazine rings is 1. The molecule has 0 radical (unpaired) electrons. The van der Waals surface area contributed by atoms with Gasteiger partial charge in [-0.15, -0.1) is 21.5 Å². The largest absolute Gasteiger partial charge is 0.416 e. The van der Waals surface area contributed by atoms with Gasteiger partial charge in [0, 0.05) is 26.2 Å². The second-order valence-corrected chi connectivity index (χ2v) is 8.44. The monoisotopic (exact) mass is 428 g/mol. The maximum Gasteiger partial charge on any atom is 0.277 e. The number of aromatic nitrogens is 2. The number of carbonyl (C=O) groups excluding carboxylic acids is 2. The van der Waals surface area contributed by atoms with Gasteiger partial charge in [0.2, 0.25) is 11.8 Å². The van der Waals surface area contributed by atoms with E-state index in [-0.39, 0.29) is 17.6 Å². The first-order valence-electron chi connectivity index (χ1n) is 9.29. The Morgan fingerprint density at radius 1 is 1.00 bits per heavy atom. The highest BCUT2D eigenvalue weighted by Crippen LogP contribution is 2.19. The van der Waals surface area contributed by atoms with Crippen LogP contribution in [-0.2, 0) is 11.2 Å². The quantitative estimate of drug-likeness (QED) is 0.562. The Balaban J connectivity index is 1.23. The second-order valence-electron chi connectivity index (χ2n) is 6.56. The molecule has 4 rings (SSSR count). The van der Waals surface area contributed by atoms with E-state index in [0.29, 0.717) is 43.7 Å². The average molecular weight is 429 g/mol. The lowest BCUT2D eigenvalue weighted by atomic mass is 10.2. The molecule has 0 unspecified atom stereocenters. The van der Waals surface area contributed by atoms with Gasteiger partial charge in [0.15, 0.2) is 0 Å². The number of thiophene rings is 1. The van der Waals surface area contributed by atoms with Crippen molar-refractivity contribution in [3.05, 3.63) is 64.2 Å². The van der Waals surface area contributed by atoms with E-state index in [1.807, 2.05) is 47.8 Å². The first-order valence-corrected chi connectivity index (χ1v) is 11.2. The van der Waals surface area contributed by atoms with E-state index in [1.165, 1.54) is 23.1 Å². The van der Waals surface area contributed by atoms with Gasteiger partial charge in [-0.3, -0.25) is 9.59 Å². The van der Waals surface area contributed by atoms with Crippen LogP contribution in [-0.4, -0.2) is 63.7 Å². The minimum absolute atomic E-state index is 0.0148. The van der Waals surface area contributed by atoms with Crippen LogP contribution >= 0.6 is 23.1 Å². The maximum atomic E-state index is 12.5. The zero-order valence-corrected chi connectivity index (χ0v) is 17.3. The lowest BCUT2D eigenvalue weighted by molar-refractivity contribution is -0.129. The van der Waals surface area contributed by atoms with Crippen LogP contribution < -0.4 is 0 Å². The molecule has 0 spiro atoms. The van der Waals surface area contributed by atoms with E-state index in [1.54, 1.807) is 9.80 Å². The van der Waals surface area contributed by atoms with Gasteiger partial charge in [-0.05, 0) is 17.0 Å². The summed E-state index contributed by atoms with van der Waals surface area (Å²) in [6.45, 7) is 2.18. The second kappa shape index (κ2) is 9.23. The molecule has 0 saturated carbocycles. The molecule has 0 aliphatic carbocycles. The predicted molar refractivity (Wildman–Crippen MR) is 111 cm³/mol. The highest BCUT2D eigenvalue weighted by Gasteiger charge is 2.25. The molecular formula is C20H20N4O3S2. The third kappa shape index (κ3) is 5.04. The average Bonchev–Trinajstić information content (AvgIpc) is 3.45. The molecule has 3 heterocycles. The number of amides is 2. The molecule has 150 valence electrons. The van der Waals surface area contributed by atoms with E-state index in [0.717, 1.165) is 10.4 Å². The molecule has 29 heavy (non-hydrogen) atoms. The lowest BCUT2D eigenvalue weighted by Gasteiger charge is -2.34. The van der Waals surface area contributed by atoms with Crippen molar-refractivity contribution in [3.8, 4) is 0 Å². The number of rotatable bonds is 6. The fourth-order valence-corrected chi connectivity index (χ4v) is 4.44. The normalized spacial score (nSPS) is 14.2. The number of thioether (sulfide) groups is 1. The number of nitrogens with zero attached hydrogens (tertiary/aromatic N) is 4. The fourth-order valence-electron chi connectivity index (χ4n) is 3.07. The summed E-state index contributed by atoms with van der Waals surface area (Å²) in [4.78, 5) is 29.2. The van der Waals surface area contributed by atoms with Crippen molar-refractivity contribution < 1.29 is 14.0 Å². The summed E-state index contributed by atoms with van der Waals surface area (Å²) in [5, 5.41) is 10.4. The van der Waals surface area contributed by atoms with Crippen molar-refractivity contribution >= 4 is 34.9 Å². The van der Waals surface area contributed by atoms with Crippen LogP contribution in [0.25, 0.3) is 0 Å². The summed E-state index contributed by atoms with van der Waals surface area (Å²) in [6.07, 6.45) is 0.572. The van der Waals surface area contributed by atoms with Crippen LogP contribution in [0.3, 0.4) is 0 Å². The van der Waals surface area contributed by atoms with E-state index >= 15 is 0 Å². The highest BCUT2D eigenvalue weighted by molar-refractivity contribution is 7.99. The zero-order valence-electron chi connectivity index (χ0n) is 15.7. The molecule has 1 saturated heterocycles. The smallest absolute Gasteiger partial charge is 0.277 e. The first-order chi connectivity index (χ1) is 14.2. The van der Waals surface area contributed by atoms with Crippen molar-refractivity contribution in [3.63, 3.8) is 0 Å². The van der Waals surface area contributed by atoms with Gasteiger partial charge in [0.1, 0.15) is 0 Å². The minimum Gasteiger partial charge on any atom is -0.416 e. The van der Waals surface area contributed by atoms with Crippen LogP contribution in [0.5, 0.6) is 0 Å². The Kier molecular flexibility index (Phi) is 6.26. The Labute approximate surface area is 176 Å². The van der Waals surface area contributed by atoms with Crippen molar-refractivity contribution in [2.45, 2.75) is 11.6 Å². The molecule has 0 bridgehead atoms. The van der Waals surface area contributed by atoms with E-state index < -0.39 is 0 Å². The molecule has 0 atom stereocenters. The van der Waals surface area contributed by atoms with Gasteiger partial charge >= 0.3 is 0 Å². The molecule has 1 aromatic carbocycles. The third-order valence-corrected chi connectivity index (χ3v) is 6.28. The van der Waals surface area contributed by atoms with Gasteiger partial charge in [0.25, 0.3) is 11.1 Å². The number of benzene rings is 1. The van der Waals surface area contributed by atoms with Crippen LogP contribution in [0.15, 0.2) is 57.5 Å². The van der Waals surface area contributed by atoms with Crippen LogP contribution in [0, 0.1) is 0 Å². The standard InChI is InChI=1S/C20H20N4O3S2/c25-18(23-8-10-24(11-9-23)19(26)16-7-4-12-28-16)14-29-20-22-21-17(27-20)13-15-5-2-1-3-6-15/h1-7,12H,8-11,13-14H2. The summed E-state index contributed by atoms with van der Waals surface area (Å²) in [6, 6.07) is 13.6. The molecule has 9 heteroatoms. The molecule has 0 N–H and O–H groups in total. The fraction of sp³-hybridized carbons (Fsp3) is 0.300. The summed E-state index contributed by atoms with van der Waals surface area (Å²) in [7, 11) is 0. The van der Waals surface area contributed by atoms with Gasteiger partial charge in [0.05, 0.1) is 17.1 Å². The number of carbonyl (C=O) groups is 2. The molecular weight excluding hydrogens is 408 g/mol. The number of hydrogen-bond acceptors (Lipinski definition) is 7. The molecule has 1 aliphatic heterocycles. The van der Waals surface area contributed by atoms with Crippen LogP contribution in [0.4, 0.5) is 0 Å². The van der Waals surface area contributed by atoms with Crippen molar-refractivity contribution in [2.75, 3.05) is 31.9 Å². The first kappa shape index (κ1) is 19.7. The van der Waals surface area contributed by atoms with Crippen LogP contribution in [0.2, 0.25) is 0 Å². The minimum atomic E-state index is 0.0148. The molecule has 2 aromatic heterocycles. The summed E-state index contributed by atoms with van der Waals surface area (Å²) >= 11 is 2.69. The van der Waals surface area contributed by atoms with E-state index in [4.69, 9.17) is 4.42 Å². The predicted octanol–water partition coefficient (Wildman–Crippen LogP) is 2.80. The van der Waals surface area contributed by atoms with Gasteiger partial charge < -0.3 is 14.2 Å². The molecule has 2 amide bonds. The SMILES string of the molecule is O=C(CSc1nnc(Cc2ccccc2)o1)N1CCN(C(=O)c2cccs2)CC1. The Morgan fingerprint density at radius 2 is 1.76 bits per heavy atom.